The SMILES string of the molecule is C=N/N=C\N(N)c1ccc(Cl)cc1/C=C/C(=O)N[C@@H](Cc1ccccc1)C(=O)Nc1ccc(NC(=O)N2CCCC(C(=O)OCC)C2)cc1. The Hall–Kier alpha value is -5.53. The first-order chi connectivity index (χ1) is 23.7. The van der Waals surface area contributed by atoms with E-state index in [0.29, 0.717) is 53.6 Å². The summed E-state index contributed by atoms with van der Waals surface area (Å²) in [5, 5.41) is 17.2. The number of likely N-dealkylation sites (tertiary alicyclic amines) is 1. The Bertz CT molecular complexity index is 1680. The highest BCUT2D eigenvalue weighted by Gasteiger charge is 2.29. The number of nitrogens with one attached hydrogen (secondary N) is 3. The molecular formula is C35H39ClN8O5. The van der Waals surface area contributed by atoms with Crippen LogP contribution in [0.5, 0.6) is 0 Å². The first-order valence-corrected chi connectivity index (χ1v) is 16.0. The largest absolute Gasteiger partial charge is 0.466 e. The maximum atomic E-state index is 13.5. The topological polar surface area (TPSA) is 171 Å². The van der Waals surface area contributed by atoms with Gasteiger partial charge in [0.15, 0.2) is 0 Å². The molecule has 14 heteroatoms. The lowest BCUT2D eigenvalue weighted by atomic mass is 9.98. The minimum absolute atomic E-state index is 0.229. The summed E-state index contributed by atoms with van der Waals surface area (Å²) < 4.78 is 5.12. The van der Waals surface area contributed by atoms with Crippen molar-refractivity contribution in [3.05, 3.63) is 95.0 Å². The normalized spacial score (nSPS) is 15.0. The van der Waals surface area contributed by atoms with Gasteiger partial charge in [0, 0.05) is 54.3 Å². The van der Waals surface area contributed by atoms with E-state index in [1.807, 2.05) is 30.3 Å². The number of ether oxygens (including phenoxy) is 1. The van der Waals surface area contributed by atoms with Crippen molar-refractivity contribution >= 4 is 71.6 Å². The summed E-state index contributed by atoms with van der Waals surface area (Å²) in [6, 6.07) is 19.6. The number of hydrogen-bond acceptors (Lipinski definition) is 8. The van der Waals surface area contributed by atoms with Gasteiger partial charge in [-0.15, -0.1) is 5.10 Å². The molecule has 49 heavy (non-hydrogen) atoms. The third-order valence-electron chi connectivity index (χ3n) is 7.59. The van der Waals surface area contributed by atoms with Gasteiger partial charge in [0.1, 0.15) is 12.4 Å². The maximum absolute atomic E-state index is 13.5. The molecule has 1 aliphatic heterocycles. The lowest BCUT2D eigenvalue weighted by Gasteiger charge is -2.31. The average molecular weight is 687 g/mol. The van der Waals surface area contributed by atoms with Crippen LogP contribution in [0, 0.1) is 5.92 Å². The minimum Gasteiger partial charge on any atom is -0.466 e. The van der Waals surface area contributed by atoms with E-state index < -0.39 is 17.9 Å². The number of halogens is 1. The highest BCUT2D eigenvalue weighted by Crippen LogP contribution is 2.24. The van der Waals surface area contributed by atoms with E-state index >= 15 is 0 Å². The van der Waals surface area contributed by atoms with Crippen LogP contribution in [-0.2, 0) is 25.5 Å². The standard InChI is InChI=1S/C35H39ClN8O5/c1-3-49-34(47)26-10-7-19-43(22-26)35(48)41-29-15-13-28(14-16-29)40-33(46)30(20-24-8-5-4-6-9-24)42-32(45)18-11-25-21-27(36)12-17-31(25)44(37)23-39-38-2/h4-6,8-9,11-18,21,23,26,30H,2-3,7,10,19-20,22,37H2,1H3,(H,40,46)(H,41,48)(H,42,45)/b18-11+,39-23-/t26?,30-/m0/s1. The van der Waals surface area contributed by atoms with E-state index in [0.717, 1.165) is 5.56 Å². The van der Waals surface area contributed by atoms with Crippen LogP contribution in [-0.4, -0.2) is 67.5 Å². The number of carbonyl (C=O) groups excluding carboxylic acids is 4. The second kappa shape index (κ2) is 18.1. The smallest absolute Gasteiger partial charge is 0.321 e. The van der Waals surface area contributed by atoms with Gasteiger partial charge in [0.05, 0.1) is 18.2 Å². The second-order valence-electron chi connectivity index (χ2n) is 11.1. The summed E-state index contributed by atoms with van der Waals surface area (Å²) in [7, 11) is 0. The minimum atomic E-state index is -0.930. The molecule has 1 aliphatic rings. The number of hydrazine groups is 1. The molecule has 2 atom stereocenters. The highest BCUT2D eigenvalue weighted by atomic mass is 35.5. The number of anilines is 3. The van der Waals surface area contributed by atoms with Gasteiger partial charge in [-0.25, -0.2) is 10.6 Å². The first-order valence-electron chi connectivity index (χ1n) is 15.7. The zero-order valence-corrected chi connectivity index (χ0v) is 27.8. The molecule has 4 amide bonds. The number of esters is 1. The Balaban J connectivity index is 1.41. The lowest BCUT2D eigenvalue weighted by Crippen LogP contribution is -2.44. The van der Waals surface area contributed by atoms with Gasteiger partial charge >= 0.3 is 12.0 Å². The lowest BCUT2D eigenvalue weighted by molar-refractivity contribution is -0.149. The van der Waals surface area contributed by atoms with Crippen LogP contribution in [0.15, 0.2) is 89.1 Å². The Morgan fingerprint density at radius 2 is 1.80 bits per heavy atom. The number of benzene rings is 3. The van der Waals surface area contributed by atoms with Crippen molar-refractivity contribution in [2.24, 2.45) is 22.0 Å². The average Bonchev–Trinajstić information content (AvgIpc) is 3.10. The molecule has 256 valence electrons. The Labute approximate surface area is 289 Å². The van der Waals surface area contributed by atoms with E-state index in [9.17, 15) is 19.2 Å². The van der Waals surface area contributed by atoms with Crippen molar-refractivity contribution < 1.29 is 23.9 Å². The Morgan fingerprint density at radius 1 is 1.08 bits per heavy atom. The van der Waals surface area contributed by atoms with Crippen molar-refractivity contribution in [2.45, 2.75) is 32.2 Å². The van der Waals surface area contributed by atoms with Crippen molar-refractivity contribution in [1.29, 1.82) is 0 Å². The molecule has 0 radical (unpaired) electrons. The summed E-state index contributed by atoms with van der Waals surface area (Å²) in [4.78, 5) is 53.2. The van der Waals surface area contributed by atoms with Gasteiger partial charge in [-0.3, -0.25) is 19.4 Å². The molecule has 0 saturated carbocycles. The van der Waals surface area contributed by atoms with E-state index in [4.69, 9.17) is 22.2 Å². The molecule has 0 aromatic heterocycles. The Kier molecular flexibility index (Phi) is 13.4. The molecule has 0 bridgehead atoms. The number of hydrogen-bond donors (Lipinski definition) is 4. The molecule has 3 aromatic carbocycles. The number of carbonyl (C=O) groups is 4. The van der Waals surface area contributed by atoms with Crippen LogP contribution in [0.3, 0.4) is 0 Å². The van der Waals surface area contributed by atoms with Gasteiger partial charge in [0.2, 0.25) is 11.8 Å². The van der Waals surface area contributed by atoms with Crippen molar-refractivity contribution in [1.82, 2.24) is 10.2 Å². The van der Waals surface area contributed by atoms with Crippen LogP contribution in [0.2, 0.25) is 5.02 Å². The molecule has 1 unspecified atom stereocenters. The third-order valence-corrected chi connectivity index (χ3v) is 7.82. The number of nitrogens with two attached hydrogens (primary N) is 1. The van der Waals surface area contributed by atoms with Gasteiger partial charge in [-0.2, -0.15) is 5.10 Å². The highest BCUT2D eigenvalue weighted by molar-refractivity contribution is 6.30. The van der Waals surface area contributed by atoms with E-state index in [2.05, 4.69) is 32.9 Å². The van der Waals surface area contributed by atoms with Crippen LogP contribution < -0.4 is 26.8 Å². The van der Waals surface area contributed by atoms with E-state index in [-0.39, 0.29) is 30.9 Å². The summed E-state index contributed by atoms with van der Waals surface area (Å²) in [5.74, 6) is 4.44. The zero-order valence-electron chi connectivity index (χ0n) is 27.1. The predicted octanol–water partition coefficient (Wildman–Crippen LogP) is 4.85. The summed E-state index contributed by atoms with van der Waals surface area (Å²) in [5.41, 5.74) is 2.85. The summed E-state index contributed by atoms with van der Waals surface area (Å²) in [6.45, 7) is 6.16. The van der Waals surface area contributed by atoms with Crippen molar-refractivity contribution in [3.8, 4) is 0 Å². The van der Waals surface area contributed by atoms with Gasteiger partial charge < -0.3 is 25.6 Å². The molecule has 5 N–H and O–H groups in total. The fraction of sp³-hybridized carbons (Fsp3) is 0.257. The summed E-state index contributed by atoms with van der Waals surface area (Å²) in [6.07, 6.45) is 5.68. The Morgan fingerprint density at radius 3 is 2.49 bits per heavy atom. The number of amides is 4. The maximum Gasteiger partial charge on any atom is 0.321 e. The van der Waals surface area contributed by atoms with Crippen LogP contribution >= 0.6 is 11.6 Å². The quantitative estimate of drug-likeness (QED) is 0.0497. The molecular weight excluding hydrogens is 648 g/mol. The fourth-order valence-corrected chi connectivity index (χ4v) is 5.36. The first kappa shape index (κ1) is 36.3. The van der Waals surface area contributed by atoms with Crippen LogP contribution in [0.25, 0.3) is 6.08 Å². The van der Waals surface area contributed by atoms with Crippen LogP contribution in [0.1, 0.15) is 30.9 Å². The molecule has 1 heterocycles. The van der Waals surface area contributed by atoms with E-state index in [1.165, 1.54) is 23.5 Å². The van der Waals surface area contributed by atoms with Crippen LogP contribution in [0.4, 0.5) is 21.9 Å². The van der Waals surface area contributed by atoms with Gasteiger partial charge in [-0.05, 0) is 73.9 Å². The molecule has 0 aliphatic carbocycles. The molecule has 3 aromatic rings. The number of piperidine rings is 1. The predicted molar refractivity (Wildman–Crippen MR) is 192 cm³/mol. The number of nitrogens with zero attached hydrogens (tertiary/aromatic N) is 4. The molecule has 13 nitrogen and oxygen atoms in total. The fourth-order valence-electron chi connectivity index (χ4n) is 5.18. The van der Waals surface area contributed by atoms with Gasteiger partial charge in [-0.1, -0.05) is 41.9 Å². The molecule has 4 rings (SSSR count). The third kappa shape index (κ3) is 11.0. The monoisotopic (exact) mass is 686 g/mol. The second-order valence-corrected chi connectivity index (χ2v) is 11.5. The number of rotatable bonds is 13. The molecule has 0 spiro atoms. The van der Waals surface area contributed by atoms with Crippen molar-refractivity contribution in [2.75, 3.05) is 35.3 Å². The molecule has 1 saturated heterocycles. The van der Waals surface area contributed by atoms with E-state index in [1.54, 1.807) is 54.3 Å². The summed E-state index contributed by atoms with van der Waals surface area (Å²) >= 11 is 6.18. The zero-order chi connectivity index (χ0) is 35.2. The van der Waals surface area contributed by atoms with Gasteiger partial charge in [0.25, 0.3) is 0 Å². The van der Waals surface area contributed by atoms with Crippen molar-refractivity contribution in [3.63, 3.8) is 0 Å². The number of urea groups is 1. The molecule has 1 fully saturated rings.